The van der Waals surface area contributed by atoms with Crippen molar-refractivity contribution in [2.75, 3.05) is 33.9 Å². The average molecular weight is 593 g/mol. The number of morpholine rings is 1. The summed E-state index contributed by atoms with van der Waals surface area (Å²) in [4.78, 5) is 25.3. The minimum atomic E-state index is -0.750. The second-order valence-corrected chi connectivity index (χ2v) is 11.3. The number of hydrogen-bond donors (Lipinski definition) is 1. The fourth-order valence-corrected chi connectivity index (χ4v) is 5.32. The molecule has 0 radical (unpaired) electrons. The van der Waals surface area contributed by atoms with Gasteiger partial charge < -0.3 is 15.2 Å². The van der Waals surface area contributed by atoms with Gasteiger partial charge in [0, 0.05) is 46.6 Å². The molecule has 2 aromatic heterocycles. The lowest BCUT2D eigenvalue weighted by atomic mass is 9.86. The fraction of sp³-hybridized carbons (Fsp3) is 0.355. The third-order valence-corrected chi connectivity index (χ3v) is 7.86. The van der Waals surface area contributed by atoms with E-state index in [9.17, 15) is 18.4 Å². The smallest absolute Gasteiger partial charge is 0.239 e. The van der Waals surface area contributed by atoms with Crippen molar-refractivity contribution < 1.29 is 27.8 Å². The first kappa shape index (κ1) is 30.1. The highest BCUT2D eigenvalue weighted by molar-refractivity contribution is 5.86. The molecule has 2 aliphatic rings. The largest absolute Gasteiger partial charge is 0.496 e. The zero-order chi connectivity index (χ0) is 30.9. The number of aryl methyl sites for hydroxylation is 1. The predicted octanol–water partition coefficient (Wildman–Crippen LogP) is 3.81. The van der Waals surface area contributed by atoms with Gasteiger partial charge in [-0.15, -0.1) is 0 Å². The van der Waals surface area contributed by atoms with Crippen LogP contribution in [0.15, 0.2) is 42.7 Å². The van der Waals surface area contributed by atoms with Crippen molar-refractivity contribution in [3.05, 3.63) is 71.2 Å². The molecule has 10 nitrogen and oxygen atoms in total. The van der Waals surface area contributed by atoms with E-state index in [0.29, 0.717) is 47.3 Å². The van der Waals surface area contributed by atoms with Gasteiger partial charge in [-0.3, -0.25) is 19.2 Å². The topological polar surface area (TPSA) is 118 Å². The molecule has 0 atom stereocenters. The third kappa shape index (κ3) is 6.20. The van der Waals surface area contributed by atoms with E-state index in [1.807, 2.05) is 12.1 Å². The molecule has 226 valence electrons. The first-order valence-electron chi connectivity index (χ1n) is 13.9. The van der Waals surface area contributed by atoms with Gasteiger partial charge in [0.15, 0.2) is 6.29 Å². The molecule has 2 N–H and O–H groups in total. The van der Waals surface area contributed by atoms with Gasteiger partial charge in [-0.2, -0.15) is 10.2 Å². The van der Waals surface area contributed by atoms with E-state index >= 15 is 0 Å². The van der Waals surface area contributed by atoms with Gasteiger partial charge >= 0.3 is 0 Å². The maximum Gasteiger partial charge on any atom is 0.239 e. The molecule has 1 amide bonds. The number of primary amides is 1. The van der Waals surface area contributed by atoms with Gasteiger partial charge in [0.05, 0.1) is 37.9 Å². The van der Waals surface area contributed by atoms with Crippen LogP contribution in [0.5, 0.6) is 5.75 Å². The average Bonchev–Trinajstić information content (AvgIpc) is 3.58. The van der Waals surface area contributed by atoms with Crippen LogP contribution < -0.4 is 10.5 Å². The van der Waals surface area contributed by atoms with Crippen LogP contribution in [0.3, 0.4) is 0 Å². The number of rotatable bonds is 6. The Morgan fingerprint density at radius 1 is 1.14 bits per heavy atom. The zero-order valence-corrected chi connectivity index (χ0v) is 24.6. The summed E-state index contributed by atoms with van der Waals surface area (Å²) in [7, 11) is 3.69. The van der Waals surface area contributed by atoms with Gasteiger partial charge in [0.1, 0.15) is 29.6 Å². The van der Waals surface area contributed by atoms with Gasteiger partial charge in [-0.05, 0) is 63.6 Å². The molecule has 0 unspecified atom stereocenters. The summed E-state index contributed by atoms with van der Waals surface area (Å²) in [5.41, 5.74) is 10.3. The summed E-state index contributed by atoms with van der Waals surface area (Å²) in [6.07, 6.45) is 5.08. The summed E-state index contributed by atoms with van der Waals surface area (Å²) in [6.45, 7) is 7.15. The number of halogens is 2. The number of nitrogens with two attached hydrogens (primary N) is 1. The van der Waals surface area contributed by atoms with Crippen molar-refractivity contribution >= 4 is 12.2 Å². The summed E-state index contributed by atoms with van der Waals surface area (Å²) in [6, 6.07) is 6.87. The monoisotopic (exact) mass is 592 g/mol. The van der Waals surface area contributed by atoms with Crippen LogP contribution >= 0.6 is 0 Å². The molecule has 6 rings (SSSR count). The van der Waals surface area contributed by atoms with Crippen molar-refractivity contribution in [3.8, 4) is 33.8 Å². The summed E-state index contributed by atoms with van der Waals surface area (Å²) >= 11 is 0. The Balaban J connectivity index is 0.000000351. The van der Waals surface area contributed by atoms with Crippen LogP contribution in [0.25, 0.3) is 28.1 Å². The van der Waals surface area contributed by atoms with Crippen LogP contribution in [0, 0.1) is 11.6 Å². The minimum Gasteiger partial charge on any atom is -0.496 e. The van der Waals surface area contributed by atoms with Gasteiger partial charge in [-0.1, -0.05) is 0 Å². The molecule has 1 aliphatic heterocycles. The van der Waals surface area contributed by atoms with E-state index in [2.05, 4.69) is 36.0 Å². The second kappa shape index (κ2) is 12.1. The quantitative estimate of drug-likeness (QED) is 0.339. The van der Waals surface area contributed by atoms with Crippen LogP contribution in [-0.4, -0.2) is 76.1 Å². The number of carbonyl (C=O) groups excluding carboxylic acids is 2. The van der Waals surface area contributed by atoms with Crippen molar-refractivity contribution in [2.24, 2.45) is 5.73 Å². The standard InChI is InChI=1S/C24H19F2N5O3.C7H15NO/c1-34-22-4-13-2-3-18-21(12-32)29-31(17-6-15(25)5-16(26)7-17)24(18)20(13)8-19(22)14-9-28-30(10-14)11-23(27)33;1-7(2)6-9-5-4-8(7)3/h4-10,12H,2-3,11H2,1H3,(H2,27,33);4-6H2,1-3H3. The number of aldehydes is 1. The first-order chi connectivity index (χ1) is 20.5. The van der Waals surface area contributed by atoms with E-state index in [4.69, 9.17) is 15.2 Å². The number of carbonyl (C=O) groups is 2. The van der Waals surface area contributed by atoms with Crippen LogP contribution in [-0.2, 0) is 28.9 Å². The van der Waals surface area contributed by atoms with Crippen LogP contribution in [0.4, 0.5) is 8.78 Å². The molecule has 0 saturated carbocycles. The minimum absolute atomic E-state index is 0.0714. The van der Waals surface area contributed by atoms with Crippen LogP contribution in [0.2, 0.25) is 0 Å². The molecule has 1 aliphatic carbocycles. The number of nitrogens with zero attached hydrogens (tertiary/aromatic N) is 5. The number of aromatic nitrogens is 4. The number of fused-ring (bicyclic) bond motifs is 3. The lowest BCUT2D eigenvalue weighted by molar-refractivity contribution is -0.118. The van der Waals surface area contributed by atoms with E-state index in [0.717, 1.165) is 49.1 Å². The van der Waals surface area contributed by atoms with Crippen molar-refractivity contribution in [1.29, 1.82) is 0 Å². The second-order valence-electron chi connectivity index (χ2n) is 11.3. The highest BCUT2D eigenvalue weighted by atomic mass is 19.1. The SMILES string of the molecule is CN1CCOCC1(C)C.COc1cc2c(cc1-c1cnn(CC(N)=O)c1)-c1c(c(C=O)nn1-c1cc(F)cc(F)c1)CC2. The number of hydrogen-bond acceptors (Lipinski definition) is 7. The number of benzene rings is 2. The first-order valence-corrected chi connectivity index (χ1v) is 13.9. The Morgan fingerprint density at radius 3 is 2.49 bits per heavy atom. The van der Waals surface area contributed by atoms with E-state index in [-0.39, 0.29) is 23.5 Å². The van der Waals surface area contributed by atoms with E-state index in [1.165, 1.54) is 9.36 Å². The number of methoxy groups -OCH3 is 1. The Labute approximate surface area is 248 Å². The van der Waals surface area contributed by atoms with Crippen molar-refractivity contribution in [1.82, 2.24) is 24.5 Å². The number of ether oxygens (including phenoxy) is 2. The highest BCUT2D eigenvalue weighted by Gasteiger charge is 2.29. The zero-order valence-electron chi connectivity index (χ0n) is 24.6. The summed E-state index contributed by atoms with van der Waals surface area (Å²) in [5, 5.41) is 8.54. The lowest BCUT2D eigenvalue weighted by Crippen LogP contribution is -2.50. The number of amides is 1. The maximum atomic E-state index is 14.0. The molecule has 1 fully saturated rings. The summed E-state index contributed by atoms with van der Waals surface area (Å²) < 4.78 is 41.7. The Hall–Kier alpha value is -4.42. The molecule has 4 aromatic rings. The molecule has 0 bridgehead atoms. The van der Waals surface area contributed by atoms with Crippen LogP contribution in [0.1, 0.15) is 35.5 Å². The molecule has 3 heterocycles. The highest BCUT2D eigenvalue weighted by Crippen LogP contribution is 2.42. The van der Waals surface area contributed by atoms with Gasteiger partial charge in [0.2, 0.25) is 5.91 Å². The molecular formula is C31H34F2N6O4. The predicted molar refractivity (Wildman–Crippen MR) is 156 cm³/mol. The lowest BCUT2D eigenvalue weighted by Gasteiger charge is -2.39. The van der Waals surface area contributed by atoms with E-state index < -0.39 is 17.5 Å². The van der Waals surface area contributed by atoms with E-state index in [1.54, 1.807) is 19.5 Å². The maximum absolute atomic E-state index is 14.0. The Kier molecular flexibility index (Phi) is 8.43. The Bertz CT molecular complexity index is 1660. The third-order valence-electron chi connectivity index (χ3n) is 7.86. The molecular weight excluding hydrogens is 558 g/mol. The molecule has 12 heteroatoms. The molecule has 2 aromatic carbocycles. The summed E-state index contributed by atoms with van der Waals surface area (Å²) in [5.74, 6) is -1.43. The van der Waals surface area contributed by atoms with Gasteiger partial charge in [-0.25, -0.2) is 13.5 Å². The van der Waals surface area contributed by atoms with Crippen molar-refractivity contribution in [2.45, 2.75) is 38.8 Å². The number of likely N-dealkylation sites (N-methyl/N-ethyl adjacent to an activating group) is 1. The Morgan fingerprint density at radius 2 is 1.88 bits per heavy atom. The molecule has 0 spiro atoms. The fourth-order valence-electron chi connectivity index (χ4n) is 5.32. The normalized spacial score (nSPS) is 15.6. The molecule has 1 saturated heterocycles. The van der Waals surface area contributed by atoms with Gasteiger partial charge in [0.25, 0.3) is 0 Å². The van der Waals surface area contributed by atoms with Crippen molar-refractivity contribution in [3.63, 3.8) is 0 Å². The molecule has 43 heavy (non-hydrogen) atoms.